The molecule has 2 aromatic carbocycles. The van der Waals surface area contributed by atoms with Gasteiger partial charge in [0.1, 0.15) is 0 Å². The van der Waals surface area contributed by atoms with Crippen molar-refractivity contribution in [2.45, 2.75) is 69.9 Å². The lowest BCUT2D eigenvalue weighted by molar-refractivity contribution is 0.549. The second-order valence-corrected chi connectivity index (χ2v) is 10.7. The number of thiazole rings is 1. The number of aryl methyl sites for hydroxylation is 3. The summed E-state index contributed by atoms with van der Waals surface area (Å²) in [5, 5.41) is 0. The molecule has 4 rings (SSSR count). The van der Waals surface area contributed by atoms with Crippen molar-refractivity contribution in [1.82, 2.24) is 9.29 Å². The van der Waals surface area contributed by atoms with E-state index in [9.17, 15) is 13.2 Å². The molecule has 0 spiro atoms. The average molecular weight is 445 g/mol. The molecule has 1 heterocycles. The molecule has 0 radical (unpaired) electrons. The minimum atomic E-state index is -3.70. The van der Waals surface area contributed by atoms with E-state index in [1.807, 2.05) is 13.8 Å². The van der Waals surface area contributed by atoms with Crippen molar-refractivity contribution in [1.29, 1.82) is 0 Å². The molecule has 0 amide bonds. The second-order valence-electron chi connectivity index (χ2n) is 7.97. The molecule has 1 atom stereocenters. The molecule has 0 saturated heterocycles. The first-order chi connectivity index (χ1) is 14.4. The maximum atomic E-state index is 13.1. The molecule has 0 unspecified atom stereocenters. The molecule has 160 valence electrons. The molecule has 0 aliphatic heterocycles. The van der Waals surface area contributed by atoms with E-state index in [-0.39, 0.29) is 15.8 Å². The minimum Gasteiger partial charge on any atom is -0.299 e. The van der Waals surface area contributed by atoms with Gasteiger partial charge in [0.25, 0.3) is 0 Å². The number of hydrogen-bond acceptors (Lipinski definition) is 4. The Morgan fingerprint density at radius 2 is 1.83 bits per heavy atom. The van der Waals surface area contributed by atoms with Crippen LogP contribution in [-0.4, -0.2) is 13.0 Å². The maximum absolute atomic E-state index is 13.1. The van der Waals surface area contributed by atoms with Crippen LogP contribution in [0.15, 0.2) is 46.1 Å². The summed E-state index contributed by atoms with van der Waals surface area (Å²) >= 11 is 1.10. The number of aromatic nitrogens is 1. The van der Waals surface area contributed by atoms with Crippen molar-refractivity contribution in [3.63, 3.8) is 0 Å². The lowest BCUT2D eigenvalue weighted by Gasteiger charge is -2.21. The minimum absolute atomic E-state index is 0.0464. The van der Waals surface area contributed by atoms with Gasteiger partial charge in [-0.25, -0.2) is 13.1 Å². The van der Waals surface area contributed by atoms with E-state index in [2.05, 4.69) is 22.9 Å². The molecule has 0 bridgehead atoms. The number of sulfonamides is 1. The topological polar surface area (TPSA) is 68.2 Å². The van der Waals surface area contributed by atoms with Crippen LogP contribution in [0.1, 0.15) is 62.3 Å². The van der Waals surface area contributed by atoms with E-state index in [1.165, 1.54) is 24.0 Å². The van der Waals surface area contributed by atoms with Crippen molar-refractivity contribution < 1.29 is 8.42 Å². The number of hydrogen-bond donors (Lipinski definition) is 1. The van der Waals surface area contributed by atoms with E-state index in [0.29, 0.717) is 17.7 Å². The Bertz CT molecular complexity index is 1220. The van der Waals surface area contributed by atoms with Gasteiger partial charge in [0.15, 0.2) is 0 Å². The smallest absolute Gasteiger partial charge is 0.299 e. The van der Waals surface area contributed by atoms with E-state index in [4.69, 9.17) is 0 Å². The van der Waals surface area contributed by atoms with Crippen molar-refractivity contribution in [2.75, 3.05) is 0 Å². The Morgan fingerprint density at radius 3 is 2.57 bits per heavy atom. The molecule has 30 heavy (non-hydrogen) atoms. The van der Waals surface area contributed by atoms with Crippen molar-refractivity contribution >= 4 is 31.6 Å². The van der Waals surface area contributed by atoms with Crippen LogP contribution in [0.25, 0.3) is 10.2 Å². The molecule has 0 saturated carbocycles. The summed E-state index contributed by atoms with van der Waals surface area (Å²) in [6, 6.07) is 11.1. The van der Waals surface area contributed by atoms with Crippen LogP contribution in [0.5, 0.6) is 0 Å². The van der Waals surface area contributed by atoms with Gasteiger partial charge in [-0.05, 0) is 73.4 Å². The fraction of sp³-hybridized carbons (Fsp3) is 0.435. The van der Waals surface area contributed by atoms with E-state index >= 15 is 0 Å². The highest BCUT2D eigenvalue weighted by Crippen LogP contribution is 2.28. The van der Waals surface area contributed by atoms with Gasteiger partial charge in [-0.2, -0.15) is 0 Å². The summed E-state index contributed by atoms with van der Waals surface area (Å²) in [6.45, 7) is 4.65. The molecular weight excluding hydrogens is 416 g/mol. The third-order valence-electron chi connectivity index (χ3n) is 5.88. The Kier molecular flexibility index (Phi) is 6.14. The third-order valence-corrected chi connectivity index (χ3v) is 8.29. The zero-order valence-electron chi connectivity index (χ0n) is 17.5. The number of nitrogens with one attached hydrogen (secondary N) is 1. The molecule has 0 fully saturated rings. The zero-order valence-corrected chi connectivity index (χ0v) is 19.1. The van der Waals surface area contributed by atoms with Crippen molar-refractivity contribution in [3.05, 3.63) is 62.8 Å². The largest absolute Gasteiger partial charge is 0.308 e. The molecule has 1 aliphatic rings. The lowest BCUT2D eigenvalue weighted by Crippen LogP contribution is -2.28. The number of rotatable bonds is 7. The zero-order chi connectivity index (χ0) is 21.3. The van der Waals surface area contributed by atoms with Gasteiger partial charge in [-0.1, -0.05) is 43.4 Å². The van der Waals surface area contributed by atoms with Crippen LogP contribution in [0, 0.1) is 0 Å². The monoisotopic (exact) mass is 444 g/mol. The van der Waals surface area contributed by atoms with Gasteiger partial charge in [-0.15, -0.1) is 0 Å². The Labute approximate surface area is 181 Å². The predicted molar refractivity (Wildman–Crippen MR) is 123 cm³/mol. The van der Waals surface area contributed by atoms with Gasteiger partial charge >= 0.3 is 4.87 Å². The van der Waals surface area contributed by atoms with Gasteiger partial charge in [0.2, 0.25) is 10.0 Å². The third kappa shape index (κ3) is 4.11. The maximum Gasteiger partial charge on any atom is 0.308 e. The summed E-state index contributed by atoms with van der Waals surface area (Å²) in [5.41, 5.74) is 4.55. The van der Waals surface area contributed by atoms with Crippen LogP contribution in [0.2, 0.25) is 0 Å². The lowest BCUT2D eigenvalue weighted by atomic mass is 9.89. The van der Waals surface area contributed by atoms with Crippen LogP contribution in [-0.2, 0) is 29.4 Å². The summed E-state index contributed by atoms with van der Waals surface area (Å²) in [6.07, 6.45) is 6.12. The van der Waals surface area contributed by atoms with Crippen molar-refractivity contribution in [3.8, 4) is 0 Å². The van der Waals surface area contributed by atoms with Gasteiger partial charge in [-0.3, -0.25) is 9.36 Å². The van der Waals surface area contributed by atoms with E-state index in [0.717, 1.165) is 41.7 Å². The molecule has 1 aliphatic carbocycles. The highest BCUT2D eigenvalue weighted by Gasteiger charge is 2.22. The normalized spacial score (nSPS) is 15.3. The quantitative estimate of drug-likeness (QED) is 0.570. The Balaban J connectivity index is 1.63. The highest BCUT2D eigenvalue weighted by atomic mass is 32.2. The van der Waals surface area contributed by atoms with Gasteiger partial charge < -0.3 is 0 Å². The van der Waals surface area contributed by atoms with Crippen LogP contribution < -0.4 is 9.60 Å². The summed E-state index contributed by atoms with van der Waals surface area (Å²) < 4.78 is 31.6. The SMILES string of the molecule is CCCn1c(=O)sc2cc(S(=O)(=O)N[C@@H](CC)c3ccc4c(c3)CCCC4)ccc21. The number of nitrogens with zero attached hydrogens (tertiary/aromatic N) is 1. The van der Waals surface area contributed by atoms with E-state index in [1.54, 1.807) is 22.8 Å². The molecule has 1 aromatic heterocycles. The standard InChI is InChI=1S/C23H28N2O3S2/c1-3-13-25-21-12-11-19(15-22(21)29-23(25)26)30(27,28)24-20(4-2)18-10-9-16-7-5-6-8-17(16)14-18/h9-12,14-15,20,24H,3-8,13H2,1-2H3/t20-/m0/s1. The molecule has 5 nitrogen and oxygen atoms in total. The molecule has 7 heteroatoms. The summed E-state index contributed by atoms with van der Waals surface area (Å²) in [4.78, 5) is 12.4. The fourth-order valence-electron chi connectivity index (χ4n) is 4.26. The summed E-state index contributed by atoms with van der Waals surface area (Å²) in [5.74, 6) is 0. The highest BCUT2D eigenvalue weighted by molar-refractivity contribution is 7.89. The molecule has 3 aromatic rings. The Morgan fingerprint density at radius 1 is 1.07 bits per heavy atom. The van der Waals surface area contributed by atoms with Crippen LogP contribution >= 0.6 is 11.3 Å². The first-order valence-electron chi connectivity index (χ1n) is 10.7. The number of benzene rings is 2. The molecular formula is C23H28N2O3S2. The van der Waals surface area contributed by atoms with Crippen LogP contribution in [0.4, 0.5) is 0 Å². The molecule has 1 N–H and O–H groups in total. The first-order valence-corrected chi connectivity index (χ1v) is 13.0. The summed E-state index contributed by atoms with van der Waals surface area (Å²) in [7, 11) is -3.70. The van der Waals surface area contributed by atoms with Crippen molar-refractivity contribution in [2.24, 2.45) is 0 Å². The Hall–Kier alpha value is -1.96. The first kappa shape index (κ1) is 21.3. The van der Waals surface area contributed by atoms with Crippen LogP contribution in [0.3, 0.4) is 0 Å². The number of fused-ring (bicyclic) bond motifs is 2. The fourth-order valence-corrected chi connectivity index (χ4v) is 6.63. The van der Waals surface area contributed by atoms with Gasteiger partial charge in [0, 0.05) is 12.6 Å². The predicted octanol–water partition coefficient (Wildman–Crippen LogP) is 4.78. The average Bonchev–Trinajstić information content (AvgIpc) is 3.06. The van der Waals surface area contributed by atoms with Gasteiger partial charge in [0.05, 0.1) is 15.1 Å². The second kappa shape index (κ2) is 8.65. The van der Waals surface area contributed by atoms with E-state index < -0.39 is 10.0 Å².